The first kappa shape index (κ1) is 12.9. The minimum absolute atomic E-state index is 0.606. The fourth-order valence-electron chi connectivity index (χ4n) is 2.01. The lowest BCUT2D eigenvalue weighted by Gasteiger charge is -2.17. The second-order valence-electron chi connectivity index (χ2n) is 5.40. The fourth-order valence-corrected chi connectivity index (χ4v) is 2.01. The van der Waals surface area contributed by atoms with Crippen LogP contribution in [0.2, 0.25) is 0 Å². The zero-order valence-corrected chi connectivity index (χ0v) is 10.9. The molecular formula is C14H24N2. The largest absolute Gasteiger partial charge is 0.397 e. The quantitative estimate of drug-likeness (QED) is 0.765. The van der Waals surface area contributed by atoms with Crippen molar-refractivity contribution in [2.75, 3.05) is 11.5 Å². The first-order valence-corrected chi connectivity index (χ1v) is 6.07. The summed E-state index contributed by atoms with van der Waals surface area (Å²) in [5.41, 5.74) is 16.1. The second kappa shape index (κ2) is 5.24. The maximum Gasteiger partial charge on any atom is 0.0583 e. The van der Waals surface area contributed by atoms with Gasteiger partial charge in [0.05, 0.1) is 11.4 Å². The number of nitrogens with two attached hydrogens (primary N) is 2. The van der Waals surface area contributed by atoms with Crippen LogP contribution >= 0.6 is 0 Å². The number of anilines is 2. The predicted octanol–water partition coefficient (Wildman–Crippen LogP) is 3.25. The van der Waals surface area contributed by atoms with Crippen molar-refractivity contribution in [2.24, 2.45) is 11.8 Å². The highest BCUT2D eigenvalue weighted by molar-refractivity contribution is 5.69. The average molecular weight is 220 g/mol. The first-order valence-electron chi connectivity index (χ1n) is 6.07. The highest BCUT2D eigenvalue weighted by Crippen LogP contribution is 2.28. The Balaban J connectivity index is 3.11. The van der Waals surface area contributed by atoms with Crippen molar-refractivity contribution in [3.8, 4) is 0 Å². The minimum atomic E-state index is 0.606. The second-order valence-corrected chi connectivity index (χ2v) is 5.40. The van der Waals surface area contributed by atoms with Gasteiger partial charge in [0, 0.05) is 0 Å². The number of hydrogen-bond donors (Lipinski definition) is 2. The SMILES string of the molecule is CC(C)Cc1ccc(N)c(N)c1CC(C)C. The van der Waals surface area contributed by atoms with Crippen LogP contribution in [0, 0.1) is 11.8 Å². The number of nitrogen functional groups attached to an aromatic ring is 2. The lowest BCUT2D eigenvalue weighted by atomic mass is 9.91. The summed E-state index contributed by atoms with van der Waals surface area (Å²) in [5.74, 6) is 1.25. The van der Waals surface area contributed by atoms with Gasteiger partial charge in [0.25, 0.3) is 0 Å². The predicted molar refractivity (Wildman–Crippen MR) is 72.4 cm³/mol. The Morgan fingerprint density at radius 1 is 0.938 bits per heavy atom. The van der Waals surface area contributed by atoms with Gasteiger partial charge in [-0.3, -0.25) is 0 Å². The number of hydrogen-bond acceptors (Lipinski definition) is 2. The third kappa shape index (κ3) is 3.16. The molecule has 90 valence electrons. The Hall–Kier alpha value is -1.18. The monoisotopic (exact) mass is 220 g/mol. The molecule has 0 saturated heterocycles. The fraction of sp³-hybridized carbons (Fsp3) is 0.571. The molecule has 0 unspecified atom stereocenters. The molecule has 0 saturated carbocycles. The molecule has 0 bridgehead atoms. The average Bonchev–Trinajstić information content (AvgIpc) is 2.16. The zero-order valence-electron chi connectivity index (χ0n) is 10.9. The van der Waals surface area contributed by atoms with Crippen molar-refractivity contribution < 1.29 is 0 Å². The van der Waals surface area contributed by atoms with Crippen LogP contribution in [0.25, 0.3) is 0 Å². The van der Waals surface area contributed by atoms with Gasteiger partial charge in [0.1, 0.15) is 0 Å². The van der Waals surface area contributed by atoms with Crippen LogP contribution in [0.1, 0.15) is 38.8 Å². The summed E-state index contributed by atoms with van der Waals surface area (Å²) >= 11 is 0. The van der Waals surface area contributed by atoms with E-state index in [0.717, 1.165) is 18.5 Å². The molecule has 16 heavy (non-hydrogen) atoms. The molecule has 4 N–H and O–H groups in total. The Labute approximate surface area is 99.0 Å². The van der Waals surface area contributed by atoms with Crippen LogP contribution in [0.3, 0.4) is 0 Å². The van der Waals surface area contributed by atoms with Gasteiger partial charge in [-0.1, -0.05) is 33.8 Å². The smallest absolute Gasteiger partial charge is 0.0583 e. The molecule has 0 fully saturated rings. The van der Waals surface area contributed by atoms with Crippen molar-refractivity contribution in [1.29, 1.82) is 0 Å². The molecule has 0 amide bonds. The molecule has 0 heterocycles. The van der Waals surface area contributed by atoms with E-state index in [1.807, 2.05) is 6.07 Å². The Morgan fingerprint density at radius 2 is 1.50 bits per heavy atom. The summed E-state index contributed by atoms with van der Waals surface area (Å²) in [6, 6.07) is 4.06. The van der Waals surface area contributed by atoms with Crippen molar-refractivity contribution in [3.63, 3.8) is 0 Å². The summed E-state index contributed by atoms with van der Waals surface area (Å²) in [5, 5.41) is 0. The maximum atomic E-state index is 6.08. The molecule has 0 atom stereocenters. The molecule has 0 spiro atoms. The summed E-state index contributed by atoms with van der Waals surface area (Å²) in [7, 11) is 0. The van der Waals surface area contributed by atoms with E-state index >= 15 is 0 Å². The van der Waals surface area contributed by atoms with Crippen LogP contribution < -0.4 is 11.5 Å². The maximum absolute atomic E-state index is 6.08. The molecule has 0 aliphatic rings. The topological polar surface area (TPSA) is 52.0 Å². The van der Waals surface area contributed by atoms with Gasteiger partial charge in [-0.15, -0.1) is 0 Å². The van der Waals surface area contributed by atoms with Gasteiger partial charge in [-0.2, -0.15) is 0 Å². The van der Waals surface area contributed by atoms with Crippen molar-refractivity contribution in [1.82, 2.24) is 0 Å². The summed E-state index contributed by atoms with van der Waals surface area (Å²) < 4.78 is 0. The van der Waals surface area contributed by atoms with Gasteiger partial charge < -0.3 is 11.5 Å². The van der Waals surface area contributed by atoms with E-state index in [1.54, 1.807) is 0 Å². The molecule has 0 aliphatic carbocycles. The molecule has 0 aliphatic heterocycles. The van der Waals surface area contributed by atoms with E-state index in [2.05, 4.69) is 33.8 Å². The third-order valence-corrected chi connectivity index (χ3v) is 2.73. The van der Waals surface area contributed by atoms with Crippen molar-refractivity contribution in [2.45, 2.75) is 40.5 Å². The van der Waals surface area contributed by atoms with Crippen LogP contribution in [0.15, 0.2) is 12.1 Å². The standard InChI is InChI=1S/C14H24N2/c1-9(2)7-11-5-6-13(15)14(16)12(11)8-10(3)4/h5-6,9-10H,7-8,15-16H2,1-4H3. The molecule has 1 rings (SSSR count). The molecule has 0 radical (unpaired) electrons. The molecule has 2 heteroatoms. The Bertz CT molecular complexity index is 354. The van der Waals surface area contributed by atoms with Gasteiger partial charge in [-0.25, -0.2) is 0 Å². The van der Waals surface area contributed by atoms with Crippen molar-refractivity contribution >= 4 is 11.4 Å². The first-order chi connectivity index (χ1) is 7.41. The lowest BCUT2D eigenvalue weighted by molar-refractivity contribution is 0.617. The van der Waals surface area contributed by atoms with E-state index in [1.165, 1.54) is 11.1 Å². The van der Waals surface area contributed by atoms with Gasteiger partial charge in [0.2, 0.25) is 0 Å². The summed E-state index contributed by atoms with van der Waals surface area (Å²) in [6.45, 7) is 8.88. The zero-order chi connectivity index (χ0) is 12.3. The van der Waals surface area contributed by atoms with E-state index in [4.69, 9.17) is 11.5 Å². The molecule has 1 aromatic carbocycles. The van der Waals surface area contributed by atoms with Gasteiger partial charge >= 0.3 is 0 Å². The van der Waals surface area contributed by atoms with E-state index < -0.39 is 0 Å². The van der Waals surface area contributed by atoms with Crippen LogP contribution in [0.5, 0.6) is 0 Å². The van der Waals surface area contributed by atoms with Gasteiger partial charge in [0.15, 0.2) is 0 Å². The molecule has 2 nitrogen and oxygen atoms in total. The van der Waals surface area contributed by atoms with Crippen LogP contribution in [-0.2, 0) is 12.8 Å². The summed E-state index contributed by atoms with van der Waals surface area (Å²) in [4.78, 5) is 0. The minimum Gasteiger partial charge on any atom is -0.397 e. The number of benzene rings is 1. The van der Waals surface area contributed by atoms with Gasteiger partial charge in [-0.05, 0) is 41.9 Å². The Morgan fingerprint density at radius 3 is 2.00 bits per heavy atom. The molecule has 1 aromatic rings. The van der Waals surface area contributed by atoms with Crippen LogP contribution in [-0.4, -0.2) is 0 Å². The summed E-state index contributed by atoms with van der Waals surface area (Å²) in [6.07, 6.45) is 2.09. The third-order valence-electron chi connectivity index (χ3n) is 2.73. The highest BCUT2D eigenvalue weighted by atomic mass is 14.7. The normalized spacial score (nSPS) is 11.4. The highest BCUT2D eigenvalue weighted by Gasteiger charge is 2.11. The van der Waals surface area contributed by atoms with E-state index in [0.29, 0.717) is 17.5 Å². The van der Waals surface area contributed by atoms with Crippen LogP contribution in [0.4, 0.5) is 11.4 Å². The van der Waals surface area contributed by atoms with E-state index in [-0.39, 0.29) is 0 Å². The molecule has 0 aromatic heterocycles. The molecular weight excluding hydrogens is 196 g/mol. The lowest BCUT2D eigenvalue weighted by Crippen LogP contribution is -2.08. The Kier molecular flexibility index (Phi) is 4.22. The number of rotatable bonds is 4. The van der Waals surface area contributed by atoms with Crippen molar-refractivity contribution in [3.05, 3.63) is 23.3 Å². The van der Waals surface area contributed by atoms with E-state index in [9.17, 15) is 0 Å².